The standard InChI is InChI=1S/C20H18N2O6S2/c1-11-16(23)6-5-14-12(8-18(24)28-19(11)14)10-29-20-21-15-9-13(4-7-17(15)27-20)30(25,26)22(2)3/h4-9,23H,10H2,1-3H3. The Morgan fingerprint density at radius 3 is 2.63 bits per heavy atom. The van der Waals surface area contributed by atoms with Gasteiger partial charge in [-0.25, -0.2) is 22.5 Å². The molecule has 0 saturated heterocycles. The van der Waals surface area contributed by atoms with E-state index in [1.165, 1.54) is 44.1 Å². The summed E-state index contributed by atoms with van der Waals surface area (Å²) in [5.41, 5.74) is 1.93. The second kappa shape index (κ2) is 7.46. The summed E-state index contributed by atoms with van der Waals surface area (Å²) in [6.45, 7) is 1.68. The molecule has 156 valence electrons. The van der Waals surface area contributed by atoms with Crippen LogP contribution in [0.3, 0.4) is 0 Å². The van der Waals surface area contributed by atoms with Gasteiger partial charge in [-0.3, -0.25) is 0 Å². The number of phenolic OH excluding ortho intramolecular Hbond substituents is 1. The zero-order chi connectivity index (χ0) is 21.6. The van der Waals surface area contributed by atoms with Crippen LogP contribution in [0.1, 0.15) is 11.1 Å². The van der Waals surface area contributed by atoms with Gasteiger partial charge in [-0.1, -0.05) is 11.8 Å². The Morgan fingerprint density at radius 1 is 1.13 bits per heavy atom. The van der Waals surface area contributed by atoms with Crippen LogP contribution < -0.4 is 5.63 Å². The first-order valence-corrected chi connectivity index (χ1v) is 11.3. The predicted octanol–water partition coefficient (Wildman–Crippen LogP) is 3.49. The molecule has 0 radical (unpaired) electrons. The molecule has 2 aromatic heterocycles. The number of sulfonamides is 1. The van der Waals surface area contributed by atoms with E-state index in [-0.39, 0.29) is 10.6 Å². The lowest BCUT2D eigenvalue weighted by atomic mass is 10.1. The minimum atomic E-state index is -3.57. The fraction of sp³-hybridized carbons (Fsp3) is 0.200. The fourth-order valence-electron chi connectivity index (χ4n) is 2.99. The summed E-state index contributed by atoms with van der Waals surface area (Å²) >= 11 is 1.27. The Bertz CT molecular complexity index is 1440. The first-order chi connectivity index (χ1) is 14.2. The first kappa shape index (κ1) is 20.5. The van der Waals surface area contributed by atoms with Crippen molar-refractivity contribution in [1.29, 1.82) is 0 Å². The van der Waals surface area contributed by atoms with Gasteiger partial charge >= 0.3 is 5.63 Å². The summed E-state index contributed by atoms with van der Waals surface area (Å²) in [7, 11) is -0.644. The highest BCUT2D eigenvalue weighted by Gasteiger charge is 2.19. The number of phenols is 1. The Kier molecular flexibility index (Phi) is 5.08. The summed E-state index contributed by atoms with van der Waals surface area (Å²) in [5.74, 6) is 0.431. The molecule has 1 N–H and O–H groups in total. The second-order valence-electron chi connectivity index (χ2n) is 6.86. The van der Waals surface area contributed by atoms with Gasteiger partial charge in [-0.2, -0.15) is 0 Å². The lowest BCUT2D eigenvalue weighted by molar-refractivity contribution is 0.468. The van der Waals surface area contributed by atoms with Gasteiger partial charge in [0, 0.05) is 36.9 Å². The Morgan fingerprint density at radius 2 is 1.90 bits per heavy atom. The van der Waals surface area contributed by atoms with Crippen LogP contribution >= 0.6 is 11.8 Å². The topological polar surface area (TPSA) is 114 Å². The third-order valence-electron chi connectivity index (χ3n) is 4.69. The van der Waals surface area contributed by atoms with Crippen molar-refractivity contribution < 1.29 is 22.4 Å². The van der Waals surface area contributed by atoms with Crippen LogP contribution in [0.5, 0.6) is 5.75 Å². The van der Waals surface area contributed by atoms with E-state index in [1.807, 2.05) is 0 Å². The van der Waals surface area contributed by atoms with Gasteiger partial charge in [0.2, 0.25) is 10.0 Å². The van der Waals surface area contributed by atoms with Crippen LogP contribution in [-0.2, 0) is 15.8 Å². The number of fused-ring (bicyclic) bond motifs is 2. The summed E-state index contributed by atoms with van der Waals surface area (Å²) < 4.78 is 36.7. The summed E-state index contributed by atoms with van der Waals surface area (Å²) in [6.07, 6.45) is 0. The minimum absolute atomic E-state index is 0.0536. The zero-order valence-electron chi connectivity index (χ0n) is 16.4. The van der Waals surface area contributed by atoms with Crippen LogP contribution in [0.2, 0.25) is 0 Å². The van der Waals surface area contributed by atoms with Crippen LogP contribution in [0.4, 0.5) is 0 Å². The largest absolute Gasteiger partial charge is 0.508 e. The molecule has 0 atom stereocenters. The third-order valence-corrected chi connectivity index (χ3v) is 7.38. The van der Waals surface area contributed by atoms with Gasteiger partial charge in [0.15, 0.2) is 5.58 Å². The van der Waals surface area contributed by atoms with E-state index in [0.717, 1.165) is 4.31 Å². The van der Waals surface area contributed by atoms with Crippen LogP contribution in [0, 0.1) is 6.92 Å². The molecule has 0 unspecified atom stereocenters. The smallest absolute Gasteiger partial charge is 0.336 e. The molecule has 8 nitrogen and oxygen atoms in total. The molecule has 2 aromatic carbocycles. The monoisotopic (exact) mass is 446 g/mol. The molecule has 2 heterocycles. The van der Waals surface area contributed by atoms with Gasteiger partial charge < -0.3 is 13.9 Å². The number of benzene rings is 2. The molecule has 10 heteroatoms. The van der Waals surface area contributed by atoms with Crippen molar-refractivity contribution in [2.45, 2.75) is 22.8 Å². The highest BCUT2D eigenvalue weighted by molar-refractivity contribution is 7.98. The number of hydrogen-bond donors (Lipinski definition) is 1. The maximum atomic E-state index is 12.3. The van der Waals surface area contributed by atoms with Gasteiger partial charge in [0.1, 0.15) is 16.8 Å². The lowest BCUT2D eigenvalue weighted by Crippen LogP contribution is -2.22. The van der Waals surface area contributed by atoms with Gasteiger partial charge in [-0.05, 0) is 42.8 Å². The number of oxazole rings is 1. The van der Waals surface area contributed by atoms with Crippen LogP contribution in [0.25, 0.3) is 22.1 Å². The van der Waals surface area contributed by atoms with Gasteiger partial charge in [0.25, 0.3) is 5.22 Å². The van der Waals surface area contributed by atoms with E-state index >= 15 is 0 Å². The van der Waals surface area contributed by atoms with E-state index in [1.54, 1.807) is 25.1 Å². The van der Waals surface area contributed by atoms with Crippen molar-refractivity contribution >= 4 is 43.9 Å². The molecule has 0 spiro atoms. The molecule has 0 fully saturated rings. The van der Waals surface area contributed by atoms with E-state index in [2.05, 4.69) is 4.98 Å². The molecular weight excluding hydrogens is 428 g/mol. The molecule has 4 aromatic rings. The fourth-order valence-corrected chi connectivity index (χ4v) is 4.75. The van der Waals surface area contributed by atoms with Crippen LogP contribution in [0.15, 0.2) is 60.1 Å². The maximum Gasteiger partial charge on any atom is 0.336 e. The van der Waals surface area contributed by atoms with Crippen molar-refractivity contribution in [1.82, 2.24) is 9.29 Å². The summed E-state index contributed by atoms with van der Waals surface area (Å²) in [6, 6.07) is 9.16. The minimum Gasteiger partial charge on any atom is -0.508 e. The second-order valence-corrected chi connectivity index (χ2v) is 9.94. The molecule has 0 saturated carbocycles. The first-order valence-electron chi connectivity index (χ1n) is 8.88. The lowest BCUT2D eigenvalue weighted by Gasteiger charge is -2.10. The molecule has 0 aliphatic rings. The van der Waals surface area contributed by atoms with E-state index < -0.39 is 15.6 Å². The summed E-state index contributed by atoms with van der Waals surface area (Å²) in [4.78, 5) is 16.4. The van der Waals surface area contributed by atoms with Crippen molar-refractivity contribution in [2.24, 2.45) is 0 Å². The highest BCUT2D eigenvalue weighted by atomic mass is 32.2. The van der Waals surface area contributed by atoms with Crippen molar-refractivity contribution in [3.8, 4) is 5.75 Å². The molecule has 30 heavy (non-hydrogen) atoms. The maximum absolute atomic E-state index is 12.3. The molecule has 0 bridgehead atoms. The molecule has 4 rings (SSSR count). The number of nitrogens with zero attached hydrogens (tertiary/aromatic N) is 2. The van der Waals surface area contributed by atoms with Crippen LogP contribution in [-0.4, -0.2) is 36.9 Å². The molecular formula is C20H18N2O6S2. The average molecular weight is 447 g/mol. The number of hydrogen-bond acceptors (Lipinski definition) is 8. The highest BCUT2D eigenvalue weighted by Crippen LogP contribution is 2.32. The van der Waals surface area contributed by atoms with E-state index in [4.69, 9.17) is 8.83 Å². The van der Waals surface area contributed by atoms with E-state index in [9.17, 15) is 18.3 Å². The number of aryl methyl sites for hydroxylation is 1. The normalized spacial score (nSPS) is 12.3. The Balaban J connectivity index is 1.66. The molecule has 0 aliphatic heterocycles. The van der Waals surface area contributed by atoms with Crippen molar-refractivity contribution in [3.05, 3.63) is 57.9 Å². The SMILES string of the molecule is Cc1c(O)ccc2c(CSc3nc4cc(S(=O)(=O)N(C)C)ccc4o3)cc(=O)oc12. The number of aromatic nitrogens is 1. The average Bonchev–Trinajstić information content (AvgIpc) is 3.11. The molecule has 0 aliphatic carbocycles. The molecule has 0 amide bonds. The van der Waals surface area contributed by atoms with Gasteiger partial charge in [-0.15, -0.1) is 0 Å². The van der Waals surface area contributed by atoms with Crippen molar-refractivity contribution in [3.63, 3.8) is 0 Å². The third kappa shape index (κ3) is 3.57. The number of rotatable bonds is 5. The Hall–Kier alpha value is -2.82. The van der Waals surface area contributed by atoms with Crippen molar-refractivity contribution in [2.75, 3.05) is 14.1 Å². The predicted molar refractivity (Wildman–Crippen MR) is 113 cm³/mol. The number of thioether (sulfide) groups is 1. The number of aromatic hydroxyl groups is 1. The van der Waals surface area contributed by atoms with Gasteiger partial charge in [0.05, 0.1) is 4.90 Å². The quantitative estimate of drug-likeness (QED) is 0.366. The van der Waals surface area contributed by atoms with E-state index in [0.29, 0.717) is 44.2 Å². The summed E-state index contributed by atoms with van der Waals surface area (Å²) in [5, 5.41) is 10.9. The zero-order valence-corrected chi connectivity index (χ0v) is 18.0. The Labute approximate surface area is 176 Å².